The monoisotopic (exact) mass is 393 g/mol. The van der Waals surface area contributed by atoms with E-state index in [4.69, 9.17) is 0 Å². The number of carbonyl (C=O) groups is 2. The van der Waals surface area contributed by atoms with Crippen LogP contribution >= 0.6 is 0 Å². The third-order valence-corrected chi connectivity index (χ3v) is 5.85. The lowest BCUT2D eigenvalue weighted by atomic mass is 9.99. The van der Waals surface area contributed by atoms with Crippen molar-refractivity contribution in [3.8, 4) is 0 Å². The largest absolute Gasteiger partial charge is 0.372 e. The smallest absolute Gasteiger partial charge is 0.244 e. The van der Waals surface area contributed by atoms with Crippen LogP contribution in [0.2, 0.25) is 0 Å². The van der Waals surface area contributed by atoms with Crippen LogP contribution in [-0.2, 0) is 9.59 Å². The van der Waals surface area contributed by atoms with Crippen LogP contribution < -0.4 is 15.1 Å². The van der Waals surface area contributed by atoms with Gasteiger partial charge in [0, 0.05) is 37.1 Å². The molecule has 0 radical (unpaired) electrons. The van der Waals surface area contributed by atoms with Gasteiger partial charge in [-0.3, -0.25) is 9.59 Å². The molecule has 5 nitrogen and oxygen atoms in total. The van der Waals surface area contributed by atoms with Gasteiger partial charge in [-0.25, -0.2) is 0 Å². The SMILES string of the molecule is CC(=O)N(CC(=O)Nc1ccc(N2CCC(C)CC2)cc1)c1cccc(C)c1C. The number of nitrogens with zero attached hydrogens (tertiary/aromatic N) is 2. The lowest BCUT2D eigenvalue weighted by Gasteiger charge is -2.32. The summed E-state index contributed by atoms with van der Waals surface area (Å²) in [5.74, 6) is 0.440. The van der Waals surface area contributed by atoms with Gasteiger partial charge in [-0.05, 0) is 74.1 Å². The number of aryl methyl sites for hydroxylation is 1. The van der Waals surface area contributed by atoms with Crippen molar-refractivity contribution in [2.24, 2.45) is 5.92 Å². The minimum Gasteiger partial charge on any atom is -0.372 e. The van der Waals surface area contributed by atoms with Crippen LogP contribution in [0.4, 0.5) is 17.1 Å². The summed E-state index contributed by atoms with van der Waals surface area (Å²) in [6.07, 6.45) is 2.44. The Morgan fingerprint density at radius 1 is 1.07 bits per heavy atom. The Bertz CT molecular complexity index is 868. The van der Waals surface area contributed by atoms with Gasteiger partial charge in [0.25, 0.3) is 0 Å². The molecule has 0 atom stereocenters. The summed E-state index contributed by atoms with van der Waals surface area (Å²) in [6.45, 7) is 9.92. The second-order valence-corrected chi connectivity index (χ2v) is 8.09. The molecule has 0 aromatic heterocycles. The van der Waals surface area contributed by atoms with E-state index in [-0.39, 0.29) is 18.4 Å². The van der Waals surface area contributed by atoms with Crippen LogP contribution in [-0.4, -0.2) is 31.4 Å². The van der Waals surface area contributed by atoms with Crippen LogP contribution in [0, 0.1) is 19.8 Å². The quantitative estimate of drug-likeness (QED) is 0.812. The van der Waals surface area contributed by atoms with E-state index in [2.05, 4.69) is 29.3 Å². The normalized spacial score (nSPS) is 14.6. The van der Waals surface area contributed by atoms with Crippen molar-refractivity contribution in [3.05, 3.63) is 53.6 Å². The van der Waals surface area contributed by atoms with Crippen molar-refractivity contribution >= 4 is 28.9 Å². The molecular formula is C24H31N3O2. The number of hydrogen-bond donors (Lipinski definition) is 1. The molecule has 0 unspecified atom stereocenters. The van der Waals surface area contributed by atoms with Crippen LogP contribution in [0.5, 0.6) is 0 Å². The topological polar surface area (TPSA) is 52.7 Å². The van der Waals surface area contributed by atoms with Gasteiger partial charge in [0.15, 0.2) is 0 Å². The fraction of sp³-hybridized carbons (Fsp3) is 0.417. The molecule has 1 fully saturated rings. The number of carbonyl (C=O) groups excluding carboxylic acids is 2. The Morgan fingerprint density at radius 2 is 1.72 bits per heavy atom. The number of nitrogens with one attached hydrogen (secondary N) is 1. The van der Waals surface area contributed by atoms with Crippen molar-refractivity contribution < 1.29 is 9.59 Å². The third-order valence-electron chi connectivity index (χ3n) is 5.85. The molecular weight excluding hydrogens is 362 g/mol. The number of benzene rings is 2. The molecule has 1 aliphatic rings. The number of hydrogen-bond acceptors (Lipinski definition) is 3. The molecule has 0 saturated carbocycles. The van der Waals surface area contributed by atoms with Gasteiger partial charge < -0.3 is 15.1 Å². The van der Waals surface area contributed by atoms with Crippen molar-refractivity contribution in [1.29, 1.82) is 0 Å². The molecule has 154 valence electrons. The highest BCUT2D eigenvalue weighted by Crippen LogP contribution is 2.25. The average Bonchev–Trinajstić information content (AvgIpc) is 2.70. The van der Waals surface area contributed by atoms with E-state index in [0.29, 0.717) is 0 Å². The molecule has 1 aliphatic heterocycles. The average molecular weight is 394 g/mol. The fourth-order valence-electron chi connectivity index (χ4n) is 3.76. The van der Waals surface area contributed by atoms with Crippen LogP contribution in [0.15, 0.2) is 42.5 Å². The number of rotatable bonds is 5. The van der Waals surface area contributed by atoms with E-state index < -0.39 is 0 Å². The Balaban J connectivity index is 1.64. The summed E-state index contributed by atoms with van der Waals surface area (Å²) in [5.41, 5.74) is 4.82. The van der Waals surface area contributed by atoms with E-state index in [0.717, 1.165) is 41.5 Å². The van der Waals surface area contributed by atoms with E-state index in [9.17, 15) is 9.59 Å². The molecule has 1 N–H and O–H groups in total. The van der Waals surface area contributed by atoms with Gasteiger partial charge in [0.05, 0.1) is 0 Å². The Labute approximate surface area is 173 Å². The second-order valence-electron chi connectivity index (χ2n) is 8.09. The Kier molecular flexibility index (Phi) is 6.57. The minimum atomic E-state index is -0.208. The van der Waals surface area contributed by atoms with Crippen LogP contribution in [0.25, 0.3) is 0 Å². The summed E-state index contributed by atoms with van der Waals surface area (Å²) in [6, 6.07) is 13.8. The van der Waals surface area contributed by atoms with Crippen LogP contribution in [0.1, 0.15) is 37.8 Å². The fourth-order valence-corrected chi connectivity index (χ4v) is 3.76. The molecule has 0 bridgehead atoms. The summed E-state index contributed by atoms with van der Waals surface area (Å²) in [4.78, 5) is 28.7. The zero-order valence-corrected chi connectivity index (χ0v) is 17.9. The molecule has 2 amide bonds. The first-order valence-electron chi connectivity index (χ1n) is 10.3. The zero-order chi connectivity index (χ0) is 21.0. The molecule has 5 heteroatoms. The number of piperidine rings is 1. The molecule has 2 aromatic carbocycles. The van der Waals surface area contributed by atoms with Crippen molar-refractivity contribution in [2.75, 3.05) is 34.8 Å². The van der Waals surface area contributed by atoms with Crippen molar-refractivity contribution in [1.82, 2.24) is 0 Å². The van der Waals surface area contributed by atoms with Gasteiger partial charge in [0.2, 0.25) is 11.8 Å². The molecule has 1 heterocycles. The molecule has 0 spiro atoms. The Hall–Kier alpha value is -2.82. The predicted octanol–water partition coefficient (Wildman–Crippen LogP) is 4.53. The minimum absolute atomic E-state index is 0.00854. The van der Waals surface area contributed by atoms with Gasteiger partial charge in [-0.2, -0.15) is 0 Å². The maximum Gasteiger partial charge on any atom is 0.244 e. The highest BCUT2D eigenvalue weighted by atomic mass is 16.2. The van der Waals surface area contributed by atoms with Gasteiger partial charge in [-0.15, -0.1) is 0 Å². The van der Waals surface area contributed by atoms with E-state index in [1.54, 1.807) is 0 Å². The third kappa shape index (κ3) is 5.17. The molecule has 1 saturated heterocycles. The molecule has 0 aliphatic carbocycles. The summed E-state index contributed by atoms with van der Waals surface area (Å²) in [7, 11) is 0. The van der Waals surface area contributed by atoms with Gasteiger partial charge >= 0.3 is 0 Å². The molecule has 3 rings (SSSR count). The van der Waals surface area contributed by atoms with Gasteiger partial charge in [-0.1, -0.05) is 19.1 Å². The predicted molar refractivity (Wildman–Crippen MR) is 120 cm³/mol. The van der Waals surface area contributed by atoms with Crippen molar-refractivity contribution in [3.63, 3.8) is 0 Å². The number of anilines is 3. The summed E-state index contributed by atoms with van der Waals surface area (Å²) < 4.78 is 0. The second kappa shape index (κ2) is 9.12. The first-order valence-corrected chi connectivity index (χ1v) is 10.3. The lowest BCUT2D eigenvalue weighted by Crippen LogP contribution is -2.37. The lowest BCUT2D eigenvalue weighted by molar-refractivity contribution is -0.120. The summed E-state index contributed by atoms with van der Waals surface area (Å²) in [5, 5.41) is 2.92. The number of amides is 2. The van der Waals surface area contributed by atoms with Crippen molar-refractivity contribution in [2.45, 2.75) is 40.5 Å². The maximum atomic E-state index is 12.6. The summed E-state index contributed by atoms with van der Waals surface area (Å²) >= 11 is 0. The first kappa shape index (κ1) is 20.9. The Morgan fingerprint density at radius 3 is 2.34 bits per heavy atom. The van der Waals surface area contributed by atoms with Gasteiger partial charge in [0.1, 0.15) is 6.54 Å². The van der Waals surface area contributed by atoms with E-state index in [1.165, 1.54) is 30.4 Å². The standard InChI is InChI=1S/C24H31N3O2/c1-17-12-14-26(15-13-17)22-10-8-21(9-11-22)25-24(29)16-27(20(4)28)23-7-5-6-18(2)19(23)3/h5-11,17H,12-16H2,1-4H3,(H,25,29). The first-order chi connectivity index (χ1) is 13.8. The van der Waals surface area contributed by atoms with Crippen LogP contribution in [0.3, 0.4) is 0 Å². The molecule has 2 aromatic rings. The highest BCUT2D eigenvalue weighted by Gasteiger charge is 2.19. The zero-order valence-electron chi connectivity index (χ0n) is 17.9. The van der Waals surface area contributed by atoms with E-state index in [1.807, 2.05) is 44.2 Å². The highest BCUT2D eigenvalue weighted by molar-refractivity contribution is 6.02. The molecule has 29 heavy (non-hydrogen) atoms. The van der Waals surface area contributed by atoms with E-state index >= 15 is 0 Å². The maximum absolute atomic E-state index is 12.6.